The lowest BCUT2D eigenvalue weighted by Crippen LogP contribution is -2.10. The fraction of sp³-hybridized carbons (Fsp3) is 0.211. The third-order valence-corrected chi connectivity index (χ3v) is 3.94. The van der Waals surface area contributed by atoms with Crippen LogP contribution in [0.2, 0.25) is 0 Å². The summed E-state index contributed by atoms with van der Waals surface area (Å²) in [5.74, 6) is 0.578. The molecule has 0 unspecified atom stereocenters. The molecule has 0 fully saturated rings. The summed E-state index contributed by atoms with van der Waals surface area (Å²) in [6.07, 6.45) is 2.63. The fourth-order valence-electron chi connectivity index (χ4n) is 2.07. The number of carboxylic acid groups (broad SMARTS) is 1. The van der Waals surface area contributed by atoms with Crippen LogP contribution >= 0.6 is 15.9 Å². The van der Waals surface area contributed by atoms with Gasteiger partial charge < -0.3 is 14.6 Å². The zero-order valence-electron chi connectivity index (χ0n) is 13.6. The molecular weight excluding hydrogens is 372 g/mol. The molecule has 0 amide bonds. The highest BCUT2D eigenvalue weighted by Gasteiger charge is 2.03. The molecule has 0 radical (unpaired) electrons. The van der Waals surface area contributed by atoms with Crippen LogP contribution in [-0.4, -0.2) is 24.3 Å². The van der Waals surface area contributed by atoms with E-state index in [9.17, 15) is 4.79 Å². The summed E-state index contributed by atoms with van der Waals surface area (Å²) >= 11 is 3.43. The van der Waals surface area contributed by atoms with Gasteiger partial charge in [0.1, 0.15) is 24.7 Å². The van der Waals surface area contributed by atoms with Crippen molar-refractivity contribution in [2.24, 2.45) is 0 Å². The van der Waals surface area contributed by atoms with Gasteiger partial charge in [0, 0.05) is 6.08 Å². The van der Waals surface area contributed by atoms with Crippen molar-refractivity contribution in [3.8, 4) is 11.5 Å². The zero-order chi connectivity index (χ0) is 17.5. The first kappa shape index (κ1) is 18.1. The third kappa shape index (κ3) is 5.42. The predicted molar refractivity (Wildman–Crippen MR) is 97.7 cm³/mol. The molecule has 126 valence electrons. The number of carbonyl (C=O) groups is 1. The van der Waals surface area contributed by atoms with Gasteiger partial charge >= 0.3 is 5.97 Å². The molecule has 0 spiro atoms. The van der Waals surface area contributed by atoms with E-state index in [2.05, 4.69) is 22.0 Å². The molecule has 0 saturated carbocycles. The smallest absolute Gasteiger partial charge is 0.328 e. The first-order chi connectivity index (χ1) is 11.5. The lowest BCUT2D eigenvalue weighted by molar-refractivity contribution is -0.131. The number of aliphatic carboxylic acids is 1. The van der Waals surface area contributed by atoms with E-state index in [0.717, 1.165) is 33.0 Å². The van der Waals surface area contributed by atoms with Gasteiger partial charge in [0.2, 0.25) is 0 Å². The number of aryl methyl sites for hydroxylation is 2. The Labute approximate surface area is 149 Å². The van der Waals surface area contributed by atoms with Crippen molar-refractivity contribution >= 4 is 28.0 Å². The Kier molecular flexibility index (Phi) is 6.44. The van der Waals surface area contributed by atoms with E-state index in [1.165, 1.54) is 6.08 Å². The number of rotatable bonds is 7. The van der Waals surface area contributed by atoms with Crippen LogP contribution in [0.3, 0.4) is 0 Å². The predicted octanol–water partition coefficient (Wildman–Crippen LogP) is 4.62. The van der Waals surface area contributed by atoms with Crippen LogP contribution in [0, 0.1) is 13.8 Å². The van der Waals surface area contributed by atoms with E-state index in [1.807, 2.05) is 26.0 Å². The minimum Gasteiger partial charge on any atom is -0.490 e. The van der Waals surface area contributed by atoms with E-state index in [1.54, 1.807) is 18.2 Å². The average Bonchev–Trinajstić information content (AvgIpc) is 2.54. The molecule has 1 N–H and O–H groups in total. The molecule has 5 heteroatoms. The molecule has 0 aromatic heterocycles. The second kappa shape index (κ2) is 8.55. The van der Waals surface area contributed by atoms with Crippen LogP contribution in [-0.2, 0) is 4.79 Å². The highest BCUT2D eigenvalue weighted by atomic mass is 79.9. The Bertz CT molecular complexity index is 753. The lowest BCUT2D eigenvalue weighted by Gasteiger charge is -2.12. The SMILES string of the molecule is Cc1ccc(C)c(OCCOc2ccc(C=CC(=O)O)cc2Br)c1. The van der Waals surface area contributed by atoms with Gasteiger partial charge in [-0.3, -0.25) is 0 Å². The van der Waals surface area contributed by atoms with Crippen molar-refractivity contribution < 1.29 is 19.4 Å². The summed E-state index contributed by atoms with van der Waals surface area (Å²) in [5.41, 5.74) is 3.03. The normalized spacial score (nSPS) is 10.8. The summed E-state index contributed by atoms with van der Waals surface area (Å²) in [6, 6.07) is 11.5. The molecule has 0 aliphatic rings. The summed E-state index contributed by atoms with van der Waals surface area (Å²) < 4.78 is 12.2. The molecule has 0 aliphatic carbocycles. The monoisotopic (exact) mass is 390 g/mol. The molecule has 2 rings (SSSR count). The van der Waals surface area contributed by atoms with Crippen LogP contribution in [0.25, 0.3) is 6.08 Å². The molecule has 0 saturated heterocycles. The van der Waals surface area contributed by atoms with Gasteiger partial charge in [-0.1, -0.05) is 18.2 Å². The highest BCUT2D eigenvalue weighted by molar-refractivity contribution is 9.10. The number of benzene rings is 2. The quantitative estimate of drug-likeness (QED) is 0.553. The highest BCUT2D eigenvalue weighted by Crippen LogP contribution is 2.26. The van der Waals surface area contributed by atoms with Gasteiger partial charge in [0.25, 0.3) is 0 Å². The zero-order valence-corrected chi connectivity index (χ0v) is 15.2. The second-order valence-electron chi connectivity index (χ2n) is 5.33. The third-order valence-electron chi connectivity index (χ3n) is 3.32. The summed E-state index contributed by atoms with van der Waals surface area (Å²) in [4.78, 5) is 10.5. The fourth-order valence-corrected chi connectivity index (χ4v) is 2.58. The molecule has 24 heavy (non-hydrogen) atoms. The van der Waals surface area contributed by atoms with Crippen molar-refractivity contribution in [1.29, 1.82) is 0 Å². The van der Waals surface area contributed by atoms with Crippen molar-refractivity contribution in [3.63, 3.8) is 0 Å². The van der Waals surface area contributed by atoms with E-state index < -0.39 is 5.97 Å². The maximum atomic E-state index is 10.5. The topological polar surface area (TPSA) is 55.8 Å². The Morgan fingerprint density at radius 1 is 1.08 bits per heavy atom. The van der Waals surface area contributed by atoms with Gasteiger partial charge in [-0.15, -0.1) is 0 Å². The second-order valence-corrected chi connectivity index (χ2v) is 6.18. The summed E-state index contributed by atoms with van der Waals surface area (Å²) in [6.45, 7) is 4.89. The van der Waals surface area contributed by atoms with E-state index >= 15 is 0 Å². The number of halogens is 1. The molecule has 0 bridgehead atoms. The molecule has 2 aromatic carbocycles. The number of hydrogen-bond donors (Lipinski definition) is 1. The van der Waals surface area contributed by atoms with E-state index in [4.69, 9.17) is 14.6 Å². The largest absolute Gasteiger partial charge is 0.490 e. The van der Waals surface area contributed by atoms with Gasteiger partial charge in [0.05, 0.1) is 4.47 Å². The van der Waals surface area contributed by atoms with Crippen LogP contribution in [0.5, 0.6) is 11.5 Å². The van der Waals surface area contributed by atoms with Gasteiger partial charge in [-0.2, -0.15) is 0 Å². The molecule has 4 nitrogen and oxygen atoms in total. The van der Waals surface area contributed by atoms with Crippen molar-refractivity contribution in [3.05, 3.63) is 63.6 Å². The first-order valence-corrected chi connectivity index (χ1v) is 8.28. The average molecular weight is 391 g/mol. The van der Waals surface area contributed by atoms with Crippen molar-refractivity contribution in [1.82, 2.24) is 0 Å². The molecule has 2 aromatic rings. The number of ether oxygens (including phenoxy) is 2. The summed E-state index contributed by atoms with van der Waals surface area (Å²) in [5, 5.41) is 8.64. The van der Waals surface area contributed by atoms with E-state index in [0.29, 0.717) is 19.0 Å². The minimum absolute atomic E-state index is 0.413. The van der Waals surface area contributed by atoms with Gasteiger partial charge in [0.15, 0.2) is 0 Å². The van der Waals surface area contributed by atoms with Gasteiger partial charge in [-0.25, -0.2) is 4.79 Å². The molecule has 0 aliphatic heterocycles. The van der Waals surface area contributed by atoms with Gasteiger partial charge in [-0.05, 0) is 70.7 Å². The van der Waals surface area contributed by atoms with Crippen LogP contribution < -0.4 is 9.47 Å². The van der Waals surface area contributed by atoms with Crippen LogP contribution in [0.1, 0.15) is 16.7 Å². The molecular formula is C19H19BrO4. The van der Waals surface area contributed by atoms with Crippen molar-refractivity contribution in [2.75, 3.05) is 13.2 Å². The standard InChI is InChI=1S/C19H19BrO4/c1-13-3-4-14(2)18(11-13)24-10-9-23-17-7-5-15(12-16(17)20)6-8-19(21)22/h3-8,11-12H,9-10H2,1-2H3,(H,21,22). The van der Waals surface area contributed by atoms with Crippen molar-refractivity contribution in [2.45, 2.75) is 13.8 Å². The van der Waals surface area contributed by atoms with Crippen LogP contribution in [0.15, 0.2) is 46.9 Å². The number of carboxylic acids is 1. The van der Waals surface area contributed by atoms with Crippen LogP contribution in [0.4, 0.5) is 0 Å². The van der Waals surface area contributed by atoms with E-state index in [-0.39, 0.29) is 0 Å². The minimum atomic E-state index is -0.977. The number of hydrogen-bond acceptors (Lipinski definition) is 3. The Balaban J connectivity index is 1.88. The Hall–Kier alpha value is -2.27. The Morgan fingerprint density at radius 3 is 2.46 bits per heavy atom. The maximum Gasteiger partial charge on any atom is 0.328 e. The molecule has 0 atom stereocenters. The molecule has 0 heterocycles. The first-order valence-electron chi connectivity index (χ1n) is 7.49. The Morgan fingerprint density at radius 2 is 1.79 bits per heavy atom. The maximum absolute atomic E-state index is 10.5. The summed E-state index contributed by atoms with van der Waals surface area (Å²) in [7, 11) is 0. The lowest BCUT2D eigenvalue weighted by atomic mass is 10.1.